The van der Waals surface area contributed by atoms with E-state index >= 15 is 0 Å². The van der Waals surface area contributed by atoms with Crippen LogP contribution >= 0.6 is 0 Å². The van der Waals surface area contributed by atoms with E-state index in [0.29, 0.717) is 19.6 Å². The Morgan fingerprint density at radius 1 is 1.16 bits per heavy atom. The fourth-order valence-electron chi connectivity index (χ4n) is 1.72. The fraction of sp³-hybridized carbons (Fsp3) is 0.818. The molecule has 1 saturated heterocycles. The van der Waals surface area contributed by atoms with Crippen molar-refractivity contribution in [1.82, 2.24) is 4.90 Å². The lowest BCUT2D eigenvalue weighted by atomic mass is 10.2. The van der Waals surface area contributed by atoms with Crippen molar-refractivity contribution in [2.24, 2.45) is 0 Å². The van der Waals surface area contributed by atoms with Crippen LogP contribution < -0.4 is 0 Å². The molecule has 0 aromatic heterocycles. The first-order valence-electron chi connectivity index (χ1n) is 6.19. The topological polar surface area (TPSA) is 101 Å². The van der Waals surface area contributed by atoms with E-state index < -0.39 is 21.8 Å². The number of rotatable bonds is 7. The van der Waals surface area contributed by atoms with E-state index in [1.807, 2.05) is 4.90 Å². The largest absolute Gasteiger partial charge is 0.481 e. The molecule has 1 rings (SSSR count). The summed E-state index contributed by atoms with van der Waals surface area (Å²) in [5, 5.41) is 8.41. The molecule has 0 aromatic carbocycles. The monoisotopic (exact) mass is 293 g/mol. The van der Waals surface area contributed by atoms with Crippen LogP contribution in [0.4, 0.5) is 0 Å². The van der Waals surface area contributed by atoms with E-state index in [-0.39, 0.29) is 37.4 Å². The highest BCUT2D eigenvalue weighted by Gasteiger charge is 2.21. The summed E-state index contributed by atoms with van der Waals surface area (Å²) in [5.41, 5.74) is 0. The summed E-state index contributed by atoms with van der Waals surface area (Å²) in [6.07, 6.45) is 0.329. The third-order valence-corrected chi connectivity index (χ3v) is 4.49. The van der Waals surface area contributed by atoms with Gasteiger partial charge in [0.25, 0.3) is 0 Å². The van der Waals surface area contributed by atoms with Gasteiger partial charge in [-0.25, -0.2) is 8.42 Å². The molecule has 0 amide bonds. The molecule has 0 aromatic rings. The van der Waals surface area contributed by atoms with Crippen molar-refractivity contribution in [3.8, 4) is 0 Å². The van der Waals surface area contributed by atoms with Crippen LogP contribution in [0.15, 0.2) is 0 Å². The highest BCUT2D eigenvalue weighted by Crippen LogP contribution is 2.03. The van der Waals surface area contributed by atoms with Gasteiger partial charge in [-0.3, -0.25) is 14.5 Å². The molecular formula is C11H19NO6S. The Hall–Kier alpha value is -1.15. The number of esters is 1. The molecule has 7 nitrogen and oxygen atoms in total. The van der Waals surface area contributed by atoms with Gasteiger partial charge in [-0.1, -0.05) is 0 Å². The average Bonchev–Trinajstić information content (AvgIpc) is 2.31. The molecule has 0 atom stereocenters. The summed E-state index contributed by atoms with van der Waals surface area (Å²) in [7, 11) is -2.88. The van der Waals surface area contributed by atoms with Gasteiger partial charge in [0.15, 0.2) is 9.84 Å². The zero-order chi connectivity index (χ0) is 14.3. The number of hydrogen-bond donors (Lipinski definition) is 1. The Morgan fingerprint density at radius 3 is 2.37 bits per heavy atom. The first-order valence-corrected chi connectivity index (χ1v) is 8.01. The third-order valence-electron chi connectivity index (χ3n) is 2.88. The van der Waals surface area contributed by atoms with Crippen molar-refractivity contribution >= 4 is 21.8 Å². The van der Waals surface area contributed by atoms with Crippen LogP contribution in [0.25, 0.3) is 0 Å². The Kier molecular flexibility index (Phi) is 6.23. The quantitative estimate of drug-likeness (QED) is 0.632. The molecule has 0 saturated carbocycles. The molecule has 0 spiro atoms. The second kappa shape index (κ2) is 7.44. The van der Waals surface area contributed by atoms with Crippen LogP contribution in [0.5, 0.6) is 0 Å². The Morgan fingerprint density at radius 2 is 1.79 bits per heavy atom. The predicted octanol–water partition coefficient (Wildman–Crippen LogP) is -0.485. The number of aliphatic carboxylic acids is 1. The van der Waals surface area contributed by atoms with Crippen LogP contribution in [0, 0.1) is 0 Å². The summed E-state index contributed by atoms with van der Waals surface area (Å²) in [4.78, 5) is 23.4. The Labute approximate surface area is 112 Å². The first kappa shape index (κ1) is 15.9. The van der Waals surface area contributed by atoms with Gasteiger partial charge in [0.1, 0.15) is 6.61 Å². The van der Waals surface area contributed by atoms with E-state index in [4.69, 9.17) is 9.84 Å². The fourth-order valence-corrected chi connectivity index (χ4v) is 3.00. The molecule has 19 heavy (non-hydrogen) atoms. The first-order chi connectivity index (χ1) is 8.89. The number of carboxylic acids is 1. The number of ether oxygens (including phenoxy) is 1. The van der Waals surface area contributed by atoms with Gasteiger partial charge in [0.2, 0.25) is 0 Å². The molecule has 0 radical (unpaired) electrons. The maximum absolute atomic E-state index is 11.2. The van der Waals surface area contributed by atoms with Gasteiger partial charge in [-0.05, 0) is 6.42 Å². The normalized spacial score (nSPS) is 18.9. The Balaban J connectivity index is 2.07. The van der Waals surface area contributed by atoms with Crippen LogP contribution in [-0.4, -0.2) is 68.1 Å². The third kappa shape index (κ3) is 7.12. The van der Waals surface area contributed by atoms with Gasteiger partial charge < -0.3 is 9.84 Å². The number of carboxylic acid groups (broad SMARTS) is 1. The van der Waals surface area contributed by atoms with Crippen LogP contribution in [-0.2, 0) is 24.2 Å². The molecule has 1 fully saturated rings. The van der Waals surface area contributed by atoms with Gasteiger partial charge in [-0.15, -0.1) is 0 Å². The minimum Gasteiger partial charge on any atom is -0.481 e. The van der Waals surface area contributed by atoms with Crippen LogP contribution in [0.2, 0.25) is 0 Å². The van der Waals surface area contributed by atoms with Crippen molar-refractivity contribution in [2.75, 3.05) is 37.7 Å². The number of carbonyl (C=O) groups excluding carboxylic acids is 1. The molecule has 0 bridgehead atoms. The lowest BCUT2D eigenvalue weighted by Gasteiger charge is -2.25. The maximum atomic E-state index is 11.2. The lowest BCUT2D eigenvalue weighted by molar-refractivity contribution is -0.144. The highest BCUT2D eigenvalue weighted by molar-refractivity contribution is 7.91. The van der Waals surface area contributed by atoms with Crippen molar-refractivity contribution < 1.29 is 27.9 Å². The molecule has 1 N–H and O–H groups in total. The molecule has 1 heterocycles. The van der Waals surface area contributed by atoms with Crippen LogP contribution in [0.3, 0.4) is 0 Å². The molecule has 0 unspecified atom stereocenters. The maximum Gasteiger partial charge on any atom is 0.305 e. The lowest BCUT2D eigenvalue weighted by Crippen LogP contribution is -2.41. The predicted molar refractivity (Wildman–Crippen MR) is 67.5 cm³/mol. The summed E-state index contributed by atoms with van der Waals surface area (Å²) in [6, 6.07) is 0. The van der Waals surface area contributed by atoms with Crippen molar-refractivity contribution in [3.05, 3.63) is 0 Å². The number of nitrogens with zero attached hydrogens (tertiary/aromatic N) is 1. The highest BCUT2D eigenvalue weighted by atomic mass is 32.2. The molecule has 1 aliphatic rings. The van der Waals surface area contributed by atoms with Crippen LogP contribution in [0.1, 0.15) is 19.3 Å². The van der Waals surface area contributed by atoms with Gasteiger partial charge in [-0.2, -0.15) is 0 Å². The van der Waals surface area contributed by atoms with E-state index in [0.717, 1.165) is 0 Å². The second-order valence-electron chi connectivity index (χ2n) is 4.46. The number of carbonyl (C=O) groups is 2. The molecule has 8 heteroatoms. The minimum atomic E-state index is -2.88. The smallest absolute Gasteiger partial charge is 0.305 e. The molecule has 1 aliphatic heterocycles. The van der Waals surface area contributed by atoms with Crippen molar-refractivity contribution in [1.29, 1.82) is 0 Å². The van der Waals surface area contributed by atoms with Gasteiger partial charge in [0, 0.05) is 32.5 Å². The summed E-state index contributed by atoms with van der Waals surface area (Å²) >= 11 is 0. The zero-order valence-corrected chi connectivity index (χ0v) is 11.5. The van der Waals surface area contributed by atoms with E-state index in [9.17, 15) is 18.0 Å². The van der Waals surface area contributed by atoms with Crippen molar-refractivity contribution in [2.45, 2.75) is 19.3 Å². The second-order valence-corrected chi connectivity index (χ2v) is 6.76. The number of sulfone groups is 1. The summed E-state index contributed by atoms with van der Waals surface area (Å²) in [5.74, 6) is -1.03. The standard InChI is InChI=1S/C11H19NO6S/c13-10(14)2-1-3-11(15)18-7-4-12-5-8-19(16,17)9-6-12/h1-9H2,(H,13,14). The molecule has 110 valence electrons. The summed E-state index contributed by atoms with van der Waals surface area (Å²) < 4.78 is 27.3. The summed E-state index contributed by atoms with van der Waals surface area (Å²) in [6.45, 7) is 1.67. The van der Waals surface area contributed by atoms with Gasteiger partial charge >= 0.3 is 11.9 Å². The van der Waals surface area contributed by atoms with E-state index in [1.54, 1.807) is 0 Å². The zero-order valence-electron chi connectivity index (χ0n) is 10.7. The Bertz CT molecular complexity index is 405. The average molecular weight is 293 g/mol. The van der Waals surface area contributed by atoms with Crippen molar-refractivity contribution in [3.63, 3.8) is 0 Å². The minimum absolute atomic E-state index is 0.0426. The van der Waals surface area contributed by atoms with E-state index in [2.05, 4.69) is 0 Å². The SMILES string of the molecule is O=C(O)CCCC(=O)OCCN1CCS(=O)(=O)CC1. The molecular weight excluding hydrogens is 274 g/mol. The number of hydrogen-bond acceptors (Lipinski definition) is 6. The van der Waals surface area contributed by atoms with Gasteiger partial charge in [0.05, 0.1) is 11.5 Å². The van der Waals surface area contributed by atoms with E-state index in [1.165, 1.54) is 0 Å². The molecule has 0 aliphatic carbocycles.